The lowest BCUT2D eigenvalue weighted by molar-refractivity contribution is 0.460. The Labute approximate surface area is 158 Å². The number of nitrogens with zero attached hydrogens (tertiary/aromatic N) is 2. The molecule has 1 aromatic carbocycles. The van der Waals surface area contributed by atoms with Gasteiger partial charge in [-0.15, -0.1) is 0 Å². The van der Waals surface area contributed by atoms with Crippen LogP contribution in [0.2, 0.25) is 10.0 Å². The fourth-order valence-corrected chi connectivity index (χ4v) is 3.70. The van der Waals surface area contributed by atoms with Gasteiger partial charge in [-0.3, -0.25) is 0 Å². The van der Waals surface area contributed by atoms with E-state index >= 15 is 0 Å². The van der Waals surface area contributed by atoms with Crippen LogP contribution in [0.1, 0.15) is 56.6 Å². The van der Waals surface area contributed by atoms with Gasteiger partial charge in [0.2, 0.25) is 5.95 Å². The summed E-state index contributed by atoms with van der Waals surface area (Å²) in [6.07, 6.45) is 8.70. The predicted octanol–water partition coefficient (Wildman–Crippen LogP) is 6.15. The van der Waals surface area contributed by atoms with Crippen LogP contribution in [-0.2, 0) is 0 Å². The molecule has 2 aliphatic rings. The molecular weight excluding hydrogens is 355 g/mol. The predicted molar refractivity (Wildman–Crippen MR) is 104 cm³/mol. The van der Waals surface area contributed by atoms with Gasteiger partial charge in [-0.1, -0.05) is 48.5 Å². The smallest absolute Gasteiger partial charge is 0.225 e. The summed E-state index contributed by atoms with van der Waals surface area (Å²) in [7, 11) is 0. The maximum Gasteiger partial charge on any atom is 0.225 e. The molecule has 0 aliphatic heterocycles. The molecule has 4 nitrogen and oxygen atoms in total. The fourth-order valence-electron chi connectivity index (χ4n) is 3.35. The third kappa shape index (κ3) is 4.18. The minimum absolute atomic E-state index is 0.478. The van der Waals surface area contributed by atoms with Gasteiger partial charge in [-0.25, -0.2) is 4.98 Å². The van der Waals surface area contributed by atoms with Crippen LogP contribution in [0.15, 0.2) is 24.3 Å². The first-order valence-electron chi connectivity index (χ1n) is 9.05. The lowest BCUT2D eigenvalue weighted by Crippen LogP contribution is -2.23. The Kier molecular flexibility index (Phi) is 5.00. The maximum atomic E-state index is 6.30. The van der Waals surface area contributed by atoms with Gasteiger partial charge >= 0.3 is 0 Å². The molecule has 0 bridgehead atoms. The summed E-state index contributed by atoms with van der Waals surface area (Å²) in [5.74, 6) is 2.04. The SMILES string of the molecule is Clc1cccc(Nc2cc(C3CC3)nc(NC3CCCCC3)n2)c1Cl. The van der Waals surface area contributed by atoms with Gasteiger partial charge < -0.3 is 10.6 Å². The van der Waals surface area contributed by atoms with E-state index in [1.807, 2.05) is 18.2 Å². The summed E-state index contributed by atoms with van der Waals surface area (Å²) < 4.78 is 0. The number of rotatable bonds is 5. The van der Waals surface area contributed by atoms with Crippen LogP contribution in [0.3, 0.4) is 0 Å². The van der Waals surface area contributed by atoms with Crippen molar-refractivity contribution in [3.8, 4) is 0 Å². The van der Waals surface area contributed by atoms with E-state index in [9.17, 15) is 0 Å². The normalized spacial score (nSPS) is 18.2. The van der Waals surface area contributed by atoms with Crippen molar-refractivity contribution in [3.05, 3.63) is 40.0 Å². The zero-order valence-corrected chi connectivity index (χ0v) is 15.6. The number of benzene rings is 1. The zero-order valence-electron chi connectivity index (χ0n) is 14.1. The number of aromatic nitrogens is 2. The number of anilines is 3. The highest BCUT2D eigenvalue weighted by molar-refractivity contribution is 6.43. The molecule has 132 valence electrons. The Morgan fingerprint density at radius 1 is 0.960 bits per heavy atom. The second kappa shape index (κ2) is 7.38. The largest absolute Gasteiger partial charge is 0.351 e. The fraction of sp³-hybridized carbons (Fsp3) is 0.474. The second-order valence-corrected chi connectivity index (χ2v) is 7.77. The Balaban J connectivity index is 1.58. The monoisotopic (exact) mass is 376 g/mol. The van der Waals surface area contributed by atoms with Crippen LogP contribution in [0, 0.1) is 0 Å². The van der Waals surface area contributed by atoms with Gasteiger partial charge in [0.25, 0.3) is 0 Å². The van der Waals surface area contributed by atoms with Crippen LogP contribution < -0.4 is 10.6 Å². The van der Waals surface area contributed by atoms with E-state index in [1.165, 1.54) is 44.9 Å². The van der Waals surface area contributed by atoms with Crippen molar-refractivity contribution in [2.45, 2.75) is 56.9 Å². The molecule has 0 amide bonds. The lowest BCUT2D eigenvalue weighted by atomic mass is 9.96. The van der Waals surface area contributed by atoms with Crippen LogP contribution >= 0.6 is 23.2 Å². The van der Waals surface area contributed by atoms with Crippen molar-refractivity contribution in [2.24, 2.45) is 0 Å². The molecule has 2 saturated carbocycles. The third-order valence-corrected chi connectivity index (χ3v) is 5.71. The van der Waals surface area contributed by atoms with Crippen LogP contribution in [0.4, 0.5) is 17.5 Å². The maximum absolute atomic E-state index is 6.30. The minimum atomic E-state index is 0.478. The molecule has 2 N–H and O–H groups in total. The lowest BCUT2D eigenvalue weighted by Gasteiger charge is -2.23. The molecule has 4 rings (SSSR count). The van der Waals surface area contributed by atoms with Crippen molar-refractivity contribution >= 4 is 40.7 Å². The van der Waals surface area contributed by atoms with E-state index in [2.05, 4.69) is 15.6 Å². The standard InChI is InChI=1S/C19H22Cl2N4/c20-14-7-4-8-15(18(14)21)23-17-11-16(12-9-10-12)24-19(25-17)22-13-5-2-1-3-6-13/h4,7-8,11-13H,1-3,5-6,9-10H2,(H2,22,23,24,25). The summed E-state index contributed by atoms with van der Waals surface area (Å²) >= 11 is 12.4. The molecule has 1 aromatic heterocycles. The highest BCUT2D eigenvalue weighted by atomic mass is 35.5. The highest BCUT2D eigenvalue weighted by Gasteiger charge is 2.27. The molecule has 25 heavy (non-hydrogen) atoms. The third-order valence-electron chi connectivity index (χ3n) is 4.89. The molecule has 0 unspecified atom stereocenters. The Morgan fingerprint density at radius 2 is 1.76 bits per heavy atom. The summed E-state index contributed by atoms with van der Waals surface area (Å²) in [5, 5.41) is 7.88. The number of nitrogens with one attached hydrogen (secondary N) is 2. The van der Waals surface area contributed by atoms with Crippen LogP contribution in [-0.4, -0.2) is 16.0 Å². The van der Waals surface area contributed by atoms with E-state index in [-0.39, 0.29) is 0 Å². The van der Waals surface area contributed by atoms with Crippen molar-refractivity contribution in [1.29, 1.82) is 0 Å². The van der Waals surface area contributed by atoms with Gasteiger partial charge in [0, 0.05) is 18.0 Å². The molecular formula is C19H22Cl2N4. The second-order valence-electron chi connectivity index (χ2n) is 6.98. The van der Waals surface area contributed by atoms with Gasteiger partial charge in [0.15, 0.2) is 0 Å². The molecule has 0 spiro atoms. The van der Waals surface area contributed by atoms with Crippen molar-refractivity contribution < 1.29 is 0 Å². The van der Waals surface area contributed by atoms with E-state index in [0.717, 1.165) is 23.1 Å². The number of hydrogen-bond acceptors (Lipinski definition) is 4. The first-order chi connectivity index (χ1) is 12.2. The van der Waals surface area contributed by atoms with Crippen molar-refractivity contribution in [3.63, 3.8) is 0 Å². The van der Waals surface area contributed by atoms with Crippen LogP contribution in [0.25, 0.3) is 0 Å². The van der Waals surface area contributed by atoms with Crippen molar-refractivity contribution in [2.75, 3.05) is 10.6 Å². The molecule has 2 aromatic rings. The zero-order chi connectivity index (χ0) is 17.2. The highest BCUT2D eigenvalue weighted by Crippen LogP contribution is 2.40. The Hall–Kier alpha value is -1.52. The molecule has 1 heterocycles. The first-order valence-corrected chi connectivity index (χ1v) is 9.81. The van der Waals surface area contributed by atoms with Gasteiger partial charge in [-0.05, 0) is 37.8 Å². The van der Waals surface area contributed by atoms with E-state index in [4.69, 9.17) is 28.2 Å². The number of halogens is 2. The van der Waals surface area contributed by atoms with E-state index in [1.54, 1.807) is 6.07 Å². The molecule has 0 saturated heterocycles. The average Bonchev–Trinajstić information content (AvgIpc) is 3.45. The molecule has 2 fully saturated rings. The summed E-state index contributed by atoms with van der Waals surface area (Å²) in [6, 6.07) is 8.06. The molecule has 0 atom stereocenters. The average molecular weight is 377 g/mol. The van der Waals surface area contributed by atoms with E-state index in [0.29, 0.717) is 22.0 Å². The summed E-state index contributed by atoms with van der Waals surface area (Å²) in [5.41, 5.74) is 1.87. The number of hydrogen-bond donors (Lipinski definition) is 2. The van der Waals surface area contributed by atoms with Gasteiger partial charge in [-0.2, -0.15) is 4.98 Å². The summed E-state index contributed by atoms with van der Waals surface area (Å²) in [6.45, 7) is 0. The molecule has 2 aliphatic carbocycles. The van der Waals surface area contributed by atoms with Gasteiger partial charge in [0.1, 0.15) is 5.82 Å². The van der Waals surface area contributed by atoms with Crippen LogP contribution in [0.5, 0.6) is 0 Å². The molecule has 6 heteroatoms. The quantitative estimate of drug-likeness (QED) is 0.656. The topological polar surface area (TPSA) is 49.8 Å². The Morgan fingerprint density at radius 3 is 2.52 bits per heavy atom. The minimum Gasteiger partial charge on any atom is -0.351 e. The first kappa shape index (κ1) is 16.9. The summed E-state index contributed by atoms with van der Waals surface area (Å²) in [4.78, 5) is 9.42. The molecule has 0 radical (unpaired) electrons. The van der Waals surface area contributed by atoms with Gasteiger partial charge in [0.05, 0.1) is 21.4 Å². The Bertz CT molecular complexity index is 755. The van der Waals surface area contributed by atoms with E-state index < -0.39 is 0 Å². The van der Waals surface area contributed by atoms with Crippen molar-refractivity contribution in [1.82, 2.24) is 9.97 Å².